The van der Waals surface area contributed by atoms with Crippen LogP contribution in [0.2, 0.25) is 0 Å². The van der Waals surface area contributed by atoms with Crippen LogP contribution in [0.1, 0.15) is 26.2 Å². The number of carbonyl (C=O) groups is 1. The maximum absolute atomic E-state index is 12.4. The third kappa shape index (κ3) is 2.58. The number of rotatable bonds is 2. The highest BCUT2D eigenvalue weighted by Gasteiger charge is 2.36. The first kappa shape index (κ1) is 13.1. The minimum absolute atomic E-state index is 0.00160. The number of hydrogen-bond donors (Lipinski definition) is 2. The van der Waals surface area contributed by atoms with Crippen LogP contribution >= 0.6 is 0 Å². The lowest BCUT2D eigenvalue weighted by molar-refractivity contribution is -0.138. The van der Waals surface area contributed by atoms with Gasteiger partial charge in [-0.05, 0) is 26.2 Å². The average molecular weight is 255 g/mol. The van der Waals surface area contributed by atoms with Gasteiger partial charge in [-0.15, -0.1) is 0 Å². The first-order chi connectivity index (χ1) is 8.63. The molecule has 6 heteroatoms. The molecule has 2 heterocycles. The van der Waals surface area contributed by atoms with Crippen LogP contribution in [0.15, 0.2) is 5.16 Å². The van der Waals surface area contributed by atoms with Gasteiger partial charge in [0.15, 0.2) is 0 Å². The number of hydrogen-bond acceptors (Lipinski definition) is 4. The molecule has 6 nitrogen and oxygen atoms in total. The molecular weight excluding hydrogens is 234 g/mol. The number of amidine groups is 1. The highest BCUT2D eigenvalue weighted by atomic mass is 16.5. The molecule has 0 aliphatic carbocycles. The van der Waals surface area contributed by atoms with Crippen molar-refractivity contribution >= 4 is 11.7 Å². The van der Waals surface area contributed by atoms with E-state index in [1.165, 1.54) is 0 Å². The van der Waals surface area contributed by atoms with E-state index in [0.717, 1.165) is 25.8 Å². The van der Waals surface area contributed by atoms with Crippen LogP contribution in [-0.2, 0) is 9.53 Å². The van der Waals surface area contributed by atoms with Crippen LogP contribution in [0.25, 0.3) is 0 Å². The Bertz CT molecular complexity index is 345. The molecule has 3 atom stereocenters. The van der Waals surface area contributed by atoms with Crippen molar-refractivity contribution in [3.05, 3.63) is 0 Å². The van der Waals surface area contributed by atoms with E-state index in [1.807, 2.05) is 11.8 Å². The Morgan fingerprint density at radius 2 is 2.28 bits per heavy atom. The standard InChI is InChI=1S/C12H21N3O3/c1-8-10(4-6-18-8)12(16)15-5-2-3-9(7-15)11(13)14-17/h8-10,17H,2-7H2,1H3,(H2,13,14). The molecule has 0 aromatic rings. The van der Waals surface area contributed by atoms with E-state index in [-0.39, 0.29) is 29.7 Å². The van der Waals surface area contributed by atoms with E-state index in [2.05, 4.69) is 5.16 Å². The summed E-state index contributed by atoms with van der Waals surface area (Å²) >= 11 is 0. The number of amides is 1. The van der Waals surface area contributed by atoms with Gasteiger partial charge in [-0.25, -0.2) is 0 Å². The van der Waals surface area contributed by atoms with Gasteiger partial charge < -0.3 is 20.6 Å². The molecule has 2 aliphatic rings. The third-order valence-electron chi connectivity index (χ3n) is 3.96. The molecule has 0 aromatic carbocycles. The molecule has 0 saturated carbocycles. The van der Waals surface area contributed by atoms with Crippen molar-refractivity contribution in [2.75, 3.05) is 19.7 Å². The molecule has 0 aromatic heterocycles. The SMILES string of the molecule is CC1OCCC1C(=O)N1CCCC(C(N)=NO)C1. The Balaban J connectivity index is 1.98. The molecule has 1 amide bonds. The van der Waals surface area contributed by atoms with Crippen molar-refractivity contribution in [1.82, 2.24) is 4.90 Å². The van der Waals surface area contributed by atoms with Gasteiger partial charge in [-0.3, -0.25) is 4.79 Å². The first-order valence-electron chi connectivity index (χ1n) is 6.51. The van der Waals surface area contributed by atoms with E-state index in [1.54, 1.807) is 0 Å². The molecule has 2 rings (SSSR count). The maximum atomic E-state index is 12.4. The largest absolute Gasteiger partial charge is 0.409 e. The quantitative estimate of drug-likeness (QED) is 0.323. The van der Waals surface area contributed by atoms with Crippen molar-refractivity contribution in [3.63, 3.8) is 0 Å². The van der Waals surface area contributed by atoms with Crippen LogP contribution in [0.3, 0.4) is 0 Å². The Kier molecular flexibility index (Phi) is 4.06. The first-order valence-corrected chi connectivity index (χ1v) is 6.51. The van der Waals surface area contributed by atoms with Crippen molar-refractivity contribution in [2.24, 2.45) is 22.7 Å². The summed E-state index contributed by atoms with van der Waals surface area (Å²) in [5.74, 6) is 0.319. The molecule has 0 bridgehead atoms. The summed E-state index contributed by atoms with van der Waals surface area (Å²) < 4.78 is 5.44. The average Bonchev–Trinajstić information content (AvgIpc) is 2.83. The van der Waals surface area contributed by atoms with Crippen molar-refractivity contribution in [3.8, 4) is 0 Å². The van der Waals surface area contributed by atoms with Gasteiger partial charge in [-0.1, -0.05) is 5.16 Å². The Labute approximate surface area is 107 Å². The zero-order valence-corrected chi connectivity index (χ0v) is 10.7. The lowest BCUT2D eigenvalue weighted by Crippen LogP contribution is -2.47. The number of nitrogens with zero attached hydrogens (tertiary/aromatic N) is 2. The fraction of sp³-hybridized carbons (Fsp3) is 0.833. The van der Waals surface area contributed by atoms with Gasteiger partial charge >= 0.3 is 0 Å². The Morgan fingerprint density at radius 1 is 1.50 bits per heavy atom. The smallest absolute Gasteiger partial charge is 0.228 e. The molecule has 2 saturated heterocycles. The van der Waals surface area contributed by atoms with Crippen LogP contribution in [-0.4, -0.2) is 47.7 Å². The monoisotopic (exact) mass is 255 g/mol. The molecule has 3 unspecified atom stereocenters. The third-order valence-corrected chi connectivity index (χ3v) is 3.96. The molecule has 102 valence electrons. The number of ether oxygens (including phenoxy) is 1. The molecular formula is C12H21N3O3. The van der Waals surface area contributed by atoms with Gasteiger partial charge in [0.25, 0.3) is 0 Å². The second kappa shape index (κ2) is 5.56. The zero-order valence-electron chi connectivity index (χ0n) is 10.7. The van der Waals surface area contributed by atoms with Crippen molar-refractivity contribution in [1.29, 1.82) is 0 Å². The lowest BCUT2D eigenvalue weighted by atomic mass is 9.94. The summed E-state index contributed by atoms with van der Waals surface area (Å²) in [5.41, 5.74) is 5.63. The highest BCUT2D eigenvalue weighted by Crippen LogP contribution is 2.25. The van der Waals surface area contributed by atoms with Gasteiger partial charge in [0, 0.05) is 25.6 Å². The van der Waals surface area contributed by atoms with Crippen molar-refractivity contribution < 1.29 is 14.7 Å². The zero-order chi connectivity index (χ0) is 13.1. The summed E-state index contributed by atoms with van der Waals surface area (Å²) in [6.45, 7) is 3.92. The molecule has 18 heavy (non-hydrogen) atoms. The van der Waals surface area contributed by atoms with E-state index in [4.69, 9.17) is 15.7 Å². The lowest BCUT2D eigenvalue weighted by Gasteiger charge is -2.34. The normalized spacial score (nSPS) is 33.7. The summed E-state index contributed by atoms with van der Waals surface area (Å²) in [5, 5.41) is 11.8. The minimum atomic E-state index is -0.0314. The van der Waals surface area contributed by atoms with Crippen LogP contribution in [0, 0.1) is 11.8 Å². The van der Waals surface area contributed by atoms with Crippen LogP contribution < -0.4 is 5.73 Å². The topological polar surface area (TPSA) is 88.2 Å². The van der Waals surface area contributed by atoms with Crippen molar-refractivity contribution in [2.45, 2.75) is 32.3 Å². The van der Waals surface area contributed by atoms with Gasteiger partial charge in [0.2, 0.25) is 5.91 Å². The fourth-order valence-corrected chi connectivity index (χ4v) is 2.79. The maximum Gasteiger partial charge on any atom is 0.228 e. The minimum Gasteiger partial charge on any atom is -0.409 e. The number of likely N-dealkylation sites (tertiary alicyclic amines) is 1. The summed E-state index contributed by atoms with van der Waals surface area (Å²) in [4.78, 5) is 14.2. The van der Waals surface area contributed by atoms with E-state index in [9.17, 15) is 4.79 Å². The molecule has 2 fully saturated rings. The Morgan fingerprint density at radius 3 is 2.89 bits per heavy atom. The predicted molar refractivity (Wildman–Crippen MR) is 66.2 cm³/mol. The highest BCUT2D eigenvalue weighted by molar-refractivity contribution is 5.84. The molecule has 0 spiro atoms. The summed E-state index contributed by atoms with van der Waals surface area (Å²) in [6, 6.07) is 0. The van der Waals surface area contributed by atoms with Crippen LogP contribution in [0.4, 0.5) is 0 Å². The van der Waals surface area contributed by atoms with Gasteiger partial charge in [0.1, 0.15) is 5.84 Å². The predicted octanol–water partition coefficient (Wildman–Crippen LogP) is 0.396. The van der Waals surface area contributed by atoms with E-state index < -0.39 is 0 Å². The number of carbonyl (C=O) groups excluding carboxylic acids is 1. The second-order valence-electron chi connectivity index (χ2n) is 5.12. The van der Waals surface area contributed by atoms with E-state index in [0.29, 0.717) is 13.2 Å². The van der Waals surface area contributed by atoms with E-state index >= 15 is 0 Å². The second-order valence-corrected chi connectivity index (χ2v) is 5.12. The van der Waals surface area contributed by atoms with Crippen LogP contribution in [0.5, 0.6) is 0 Å². The Hall–Kier alpha value is -1.30. The number of piperidine rings is 1. The molecule has 0 radical (unpaired) electrons. The number of nitrogens with two attached hydrogens (primary N) is 1. The van der Waals surface area contributed by atoms with Gasteiger partial charge in [-0.2, -0.15) is 0 Å². The summed E-state index contributed by atoms with van der Waals surface area (Å²) in [7, 11) is 0. The van der Waals surface area contributed by atoms with Gasteiger partial charge in [0.05, 0.1) is 12.0 Å². The fourth-order valence-electron chi connectivity index (χ4n) is 2.79. The molecule has 3 N–H and O–H groups in total. The molecule has 2 aliphatic heterocycles. The number of oxime groups is 1. The summed E-state index contributed by atoms with van der Waals surface area (Å²) in [6.07, 6.45) is 2.57.